The Kier molecular flexibility index (Phi) is 10.9. The second kappa shape index (κ2) is 14.6. The SMILES string of the molecule is Cc1nn(COCC[Si](C)(C)C)c(C)c1-c1ccc(NC(=O)C(NC(=O)OCc2ccccn2)C2CCCCC2)cc1. The van der Waals surface area contributed by atoms with Crippen molar-refractivity contribution in [2.75, 3.05) is 11.9 Å². The molecule has 1 aliphatic carbocycles. The lowest BCUT2D eigenvalue weighted by molar-refractivity contribution is -0.119. The van der Waals surface area contributed by atoms with Gasteiger partial charge in [0.2, 0.25) is 5.91 Å². The Balaban J connectivity index is 1.39. The molecule has 0 saturated heterocycles. The van der Waals surface area contributed by atoms with Gasteiger partial charge in [-0.2, -0.15) is 5.10 Å². The van der Waals surface area contributed by atoms with Crippen LogP contribution in [0, 0.1) is 19.8 Å². The fourth-order valence-electron chi connectivity index (χ4n) is 5.37. The van der Waals surface area contributed by atoms with Crippen molar-refractivity contribution in [1.82, 2.24) is 20.1 Å². The number of nitrogens with zero attached hydrogens (tertiary/aromatic N) is 3. The molecule has 1 saturated carbocycles. The molecule has 10 heteroatoms. The average molecular weight is 592 g/mol. The summed E-state index contributed by atoms with van der Waals surface area (Å²) >= 11 is 0. The minimum Gasteiger partial charge on any atom is -0.443 e. The number of hydrogen-bond acceptors (Lipinski definition) is 6. The minimum atomic E-state index is -1.14. The molecule has 2 N–H and O–H groups in total. The topological polar surface area (TPSA) is 107 Å². The fraction of sp³-hybridized carbons (Fsp3) is 0.500. The molecule has 42 heavy (non-hydrogen) atoms. The molecular formula is C32H45N5O4Si. The molecule has 1 aromatic carbocycles. The maximum atomic E-state index is 13.5. The van der Waals surface area contributed by atoms with Gasteiger partial charge in [-0.1, -0.05) is 57.1 Å². The molecule has 2 heterocycles. The first-order valence-corrected chi connectivity index (χ1v) is 18.7. The lowest BCUT2D eigenvalue weighted by Crippen LogP contribution is -2.49. The van der Waals surface area contributed by atoms with Gasteiger partial charge in [0.25, 0.3) is 0 Å². The quantitative estimate of drug-likeness (QED) is 0.180. The molecule has 1 fully saturated rings. The standard InChI is InChI=1S/C32H45N5O4Si/c1-23-29(24(2)37(36-23)22-40-19-20-42(3,4)5)25-14-16-27(17-15-25)34-31(38)30(26-11-7-6-8-12-26)35-32(39)41-21-28-13-9-10-18-33-28/h9-10,13-18,26,30H,6-8,11-12,19-22H2,1-5H3,(H,34,38)(H,35,39). The fourth-order valence-corrected chi connectivity index (χ4v) is 6.12. The summed E-state index contributed by atoms with van der Waals surface area (Å²) < 4.78 is 13.2. The van der Waals surface area contributed by atoms with Crippen LogP contribution in [0.15, 0.2) is 48.7 Å². The molecule has 1 aliphatic rings. The number of pyridine rings is 1. The van der Waals surface area contributed by atoms with Crippen molar-refractivity contribution in [3.63, 3.8) is 0 Å². The number of nitrogens with one attached hydrogen (secondary N) is 2. The van der Waals surface area contributed by atoms with Crippen molar-refractivity contribution in [1.29, 1.82) is 0 Å². The van der Waals surface area contributed by atoms with E-state index in [2.05, 4.69) is 42.2 Å². The van der Waals surface area contributed by atoms with Crippen molar-refractivity contribution in [2.45, 2.75) is 91.0 Å². The van der Waals surface area contributed by atoms with Crippen LogP contribution in [0.3, 0.4) is 0 Å². The van der Waals surface area contributed by atoms with Gasteiger partial charge < -0.3 is 20.1 Å². The van der Waals surface area contributed by atoms with E-state index in [1.54, 1.807) is 18.3 Å². The number of ether oxygens (including phenoxy) is 2. The number of aromatic nitrogens is 3. The molecule has 0 bridgehead atoms. The summed E-state index contributed by atoms with van der Waals surface area (Å²) in [5.74, 6) is -0.176. The smallest absolute Gasteiger partial charge is 0.408 e. The number of benzene rings is 1. The van der Waals surface area contributed by atoms with Crippen LogP contribution < -0.4 is 10.6 Å². The number of aryl methyl sites for hydroxylation is 1. The lowest BCUT2D eigenvalue weighted by Gasteiger charge is -2.29. The lowest BCUT2D eigenvalue weighted by atomic mass is 9.83. The first-order valence-electron chi connectivity index (χ1n) is 15.0. The second-order valence-corrected chi connectivity index (χ2v) is 18.0. The van der Waals surface area contributed by atoms with Crippen LogP contribution in [0.2, 0.25) is 25.7 Å². The Bertz CT molecular complexity index is 1320. The van der Waals surface area contributed by atoms with Gasteiger partial charge in [0.05, 0.1) is 11.4 Å². The van der Waals surface area contributed by atoms with E-state index in [-0.39, 0.29) is 18.4 Å². The van der Waals surface area contributed by atoms with Gasteiger partial charge in [-0.25, -0.2) is 9.48 Å². The molecule has 1 unspecified atom stereocenters. The van der Waals surface area contributed by atoms with E-state index in [0.717, 1.165) is 67.3 Å². The number of hydrogen-bond donors (Lipinski definition) is 2. The Morgan fingerprint density at radius 3 is 2.45 bits per heavy atom. The third-order valence-electron chi connectivity index (χ3n) is 7.79. The number of amides is 2. The zero-order valence-electron chi connectivity index (χ0n) is 25.6. The van der Waals surface area contributed by atoms with Crippen LogP contribution in [-0.4, -0.2) is 47.5 Å². The maximum Gasteiger partial charge on any atom is 0.408 e. The van der Waals surface area contributed by atoms with Gasteiger partial charge in [0.1, 0.15) is 19.4 Å². The minimum absolute atomic E-state index is 0.0488. The van der Waals surface area contributed by atoms with E-state index in [9.17, 15) is 9.59 Å². The Morgan fingerprint density at radius 2 is 1.79 bits per heavy atom. The average Bonchev–Trinajstić information content (AvgIpc) is 3.26. The van der Waals surface area contributed by atoms with Gasteiger partial charge in [-0.3, -0.25) is 9.78 Å². The molecule has 2 aromatic heterocycles. The van der Waals surface area contributed by atoms with Gasteiger partial charge in [-0.05, 0) is 68.5 Å². The van der Waals surface area contributed by atoms with E-state index in [4.69, 9.17) is 14.6 Å². The van der Waals surface area contributed by atoms with Gasteiger partial charge in [0, 0.05) is 37.8 Å². The zero-order chi connectivity index (χ0) is 30.1. The molecule has 3 aromatic rings. The highest BCUT2D eigenvalue weighted by Gasteiger charge is 2.31. The Morgan fingerprint density at radius 1 is 1.05 bits per heavy atom. The third-order valence-corrected chi connectivity index (χ3v) is 9.49. The predicted molar refractivity (Wildman–Crippen MR) is 168 cm³/mol. The van der Waals surface area contributed by atoms with Crippen molar-refractivity contribution < 1.29 is 19.1 Å². The highest BCUT2D eigenvalue weighted by Crippen LogP contribution is 2.30. The molecule has 1 atom stereocenters. The highest BCUT2D eigenvalue weighted by molar-refractivity contribution is 6.76. The molecular weight excluding hydrogens is 546 g/mol. The molecule has 0 spiro atoms. The van der Waals surface area contributed by atoms with Gasteiger partial charge >= 0.3 is 6.09 Å². The molecule has 2 amide bonds. The molecule has 4 rings (SSSR count). The van der Waals surface area contributed by atoms with Crippen molar-refractivity contribution >= 4 is 25.8 Å². The largest absolute Gasteiger partial charge is 0.443 e. The molecule has 0 radical (unpaired) electrons. The zero-order valence-corrected chi connectivity index (χ0v) is 26.6. The normalized spacial score (nSPS) is 14.8. The summed E-state index contributed by atoms with van der Waals surface area (Å²) in [6.45, 7) is 12.3. The van der Waals surface area contributed by atoms with Crippen molar-refractivity contribution in [3.05, 3.63) is 65.7 Å². The van der Waals surface area contributed by atoms with Crippen molar-refractivity contribution in [3.8, 4) is 11.1 Å². The van der Waals surface area contributed by atoms with Crippen molar-refractivity contribution in [2.24, 2.45) is 5.92 Å². The summed E-state index contributed by atoms with van der Waals surface area (Å²) in [6, 6.07) is 13.7. The number of anilines is 1. The van der Waals surface area contributed by atoms with E-state index in [0.29, 0.717) is 18.1 Å². The summed E-state index contributed by atoms with van der Waals surface area (Å²) in [6.07, 6.45) is 6.06. The number of alkyl carbamates (subject to hydrolysis) is 1. The van der Waals surface area contributed by atoms with E-state index in [1.807, 2.05) is 41.9 Å². The summed E-state index contributed by atoms with van der Waals surface area (Å²) in [4.78, 5) is 30.3. The Hall–Kier alpha value is -3.50. The summed E-state index contributed by atoms with van der Waals surface area (Å²) in [7, 11) is -1.14. The predicted octanol–water partition coefficient (Wildman–Crippen LogP) is 6.69. The third kappa shape index (κ3) is 9.00. The second-order valence-electron chi connectivity index (χ2n) is 12.4. The molecule has 226 valence electrons. The number of carbonyl (C=O) groups excluding carboxylic acids is 2. The maximum absolute atomic E-state index is 13.5. The first kappa shape index (κ1) is 31.4. The first-order chi connectivity index (χ1) is 20.1. The van der Waals surface area contributed by atoms with Crippen LogP contribution in [0.1, 0.15) is 49.2 Å². The molecule has 0 aliphatic heterocycles. The number of carbonyl (C=O) groups is 2. The highest BCUT2D eigenvalue weighted by atomic mass is 28.3. The summed E-state index contributed by atoms with van der Waals surface area (Å²) in [5.41, 5.74) is 5.39. The van der Waals surface area contributed by atoms with E-state index in [1.165, 1.54) is 0 Å². The number of rotatable bonds is 12. The van der Waals surface area contributed by atoms with E-state index < -0.39 is 20.2 Å². The Labute approximate surface area is 250 Å². The monoisotopic (exact) mass is 591 g/mol. The van der Waals surface area contributed by atoms with Crippen LogP contribution in [0.25, 0.3) is 11.1 Å². The molecule has 9 nitrogen and oxygen atoms in total. The van der Waals surface area contributed by atoms with Gasteiger partial charge in [-0.15, -0.1) is 0 Å². The van der Waals surface area contributed by atoms with Crippen LogP contribution in [0.4, 0.5) is 10.5 Å². The van der Waals surface area contributed by atoms with Crippen LogP contribution in [-0.2, 0) is 27.6 Å². The summed E-state index contributed by atoms with van der Waals surface area (Å²) in [5, 5.41) is 10.6. The van der Waals surface area contributed by atoms with Gasteiger partial charge in [0.15, 0.2) is 0 Å². The van der Waals surface area contributed by atoms with Crippen LogP contribution in [0.5, 0.6) is 0 Å². The van der Waals surface area contributed by atoms with E-state index >= 15 is 0 Å². The van der Waals surface area contributed by atoms with Crippen LogP contribution >= 0.6 is 0 Å².